The maximum absolute atomic E-state index is 11.2. The van der Waals surface area contributed by atoms with Gasteiger partial charge in [0.05, 0.1) is 7.11 Å². The largest absolute Gasteiger partial charge is 0.468 e. The Kier molecular flexibility index (Phi) is 4.40. The number of halogens is 1. The zero-order valence-corrected chi connectivity index (χ0v) is 10.6. The molecule has 5 heteroatoms. The van der Waals surface area contributed by atoms with Crippen LogP contribution >= 0.6 is 12.4 Å². The van der Waals surface area contributed by atoms with E-state index < -0.39 is 0 Å². The standard InChI is InChI=1S/C12H14N2O2.ClH/c1-13-10-3-4-11-9(7-10)5-6-14(11)8-12(15)16-2;/h3-7,13H,8H2,1-2H3;1H. The molecule has 0 fully saturated rings. The number of nitrogens with zero attached hydrogens (tertiary/aromatic N) is 1. The summed E-state index contributed by atoms with van der Waals surface area (Å²) >= 11 is 0. The van der Waals surface area contributed by atoms with Crippen LogP contribution in [0, 0.1) is 0 Å². The molecular weight excluding hydrogens is 240 g/mol. The summed E-state index contributed by atoms with van der Waals surface area (Å²) in [5.74, 6) is -0.241. The molecule has 1 aromatic carbocycles. The maximum atomic E-state index is 11.2. The molecule has 0 amide bonds. The summed E-state index contributed by atoms with van der Waals surface area (Å²) in [5, 5.41) is 4.19. The fourth-order valence-corrected chi connectivity index (χ4v) is 1.70. The summed E-state index contributed by atoms with van der Waals surface area (Å²) in [5.41, 5.74) is 2.09. The molecule has 0 aliphatic heterocycles. The number of ether oxygens (including phenoxy) is 1. The van der Waals surface area contributed by atoms with Crippen LogP contribution in [-0.4, -0.2) is 24.7 Å². The molecular formula is C12H15ClN2O2. The Balaban J connectivity index is 0.00000144. The van der Waals surface area contributed by atoms with Crippen molar-refractivity contribution in [2.75, 3.05) is 19.5 Å². The zero-order valence-electron chi connectivity index (χ0n) is 9.77. The fourth-order valence-electron chi connectivity index (χ4n) is 1.70. The SMILES string of the molecule is CNc1ccc2c(ccn2CC(=O)OC)c1.Cl. The van der Waals surface area contributed by atoms with Gasteiger partial charge in [0.25, 0.3) is 0 Å². The van der Waals surface area contributed by atoms with E-state index in [9.17, 15) is 4.79 Å². The van der Waals surface area contributed by atoms with Crippen LogP contribution in [-0.2, 0) is 16.1 Å². The molecule has 17 heavy (non-hydrogen) atoms. The molecule has 2 aromatic rings. The number of fused-ring (bicyclic) bond motifs is 1. The lowest BCUT2D eigenvalue weighted by atomic mass is 10.2. The fraction of sp³-hybridized carbons (Fsp3) is 0.250. The van der Waals surface area contributed by atoms with Crippen molar-refractivity contribution < 1.29 is 9.53 Å². The molecule has 0 radical (unpaired) electrons. The van der Waals surface area contributed by atoms with Gasteiger partial charge in [0, 0.05) is 29.8 Å². The Morgan fingerprint density at radius 2 is 2.18 bits per heavy atom. The predicted octanol–water partition coefficient (Wildman–Crippen LogP) is 2.28. The van der Waals surface area contributed by atoms with Gasteiger partial charge < -0.3 is 14.6 Å². The predicted molar refractivity (Wildman–Crippen MR) is 70.7 cm³/mol. The lowest BCUT2D eigenvalue weighted by Gasteiger charge is -2.04. The van der Waals surface area contributed by atoms with Crippen molar-refractivity contribution in [2.45, 2.75) is 6.54 Å². The van der Waals surface area contributed by atoms with Gasteiger partial charge in [0.1, 0.15) is 6.54 Å². The van der Waals surface area contributed by atoms with E-state index in [1.807, 2.05) is 42.1 Å². The highest BCUT2D eigenvalue weighted by Crippen LogP contribution is 2.20. The van der Waals surface area contributed by atoms with Gasteiger partial charge >= 0.3 is 5.97 Å². The first-order valence-electron chi connectivity index (χ1n) is 5.08. The van der Waals surface area contributed by atoms with Gasteiger partial charge in [-0.2, -0.15) is 0 Å². The van der Waals surface area contributed by atoms with Crippen LogP contribution in [0.5, 0.6) is 0 Å². The Labute approximate surface area is 106 Å². The second-order valence-corrected chi connectivity index (χ2v) is 3.54. The first-order chi connectivity index (χ1) is 7.74. The monoisotopic (exact) mass is 254 g/mol. The third-order valence-corrected chi connectivity index (χ3v) is 2.59. The first-order valence-corrected chi connectivity index (χ1v) is 5.08. The van der Waals surface area contributed by atoms with E-state index >= 15 is 0 Å². The van der Waals surface area contributed by atoms with Gasteiger partial charge in [0.15, 0.2) is 0 Å². The lowest BCUT2D eigenvalue weighted by Crippen LogP contribution is -2.10. The quantitative estimate of drug-likeness (QED) is 0.855. The molecule has 0 bridgehead atoms. The third-order valence-electron chi connectivity index (χ3n) is 2.59. The molecule has 1 aromatic heterocycles. The second-order valence-electron chi connectivity index (χ2n) is 3.54. The highest BCUT2D eigenvalue weighted by molar-refractivity contribution is 5.85. The minimum atomic E-state index is -0.241. The number of carbonyl (C=O) groups is 1. The molecule has 0 aliphatic rings. The Morgan fingerprint density at radius 1 is 1.41 bits per heavy atom. The maximum Gasteiger partial charge on any atom is 0.325 e. The minimum Gasteiger partial charge on any atom is -0.468 e. The summed E-state index contributed by atoms with van der Waals surface area (Å²) in [7, 11) is 3.28. The van der Waals surface area contributed by atoms with Gasteiger partial charge in [-0.3, -0.25) is 4.79 Å². The minimum absolute atomic E-state index is 0. The highest BCUT2D eigenvalue weighted by Gasteiger charge is 2.05. The molecule has 1 N–H and O–H groups in total. The van der Waals surface area contributed by atoms with Crippen LogP contribution in [0.1, 0.15) is 0 Å². The number of methoxy groups -OCH3 is 1. The number of nitrogens with one attached hydrogen (secondary N) is 1. The van der Waals surface area contributed by atoms with E-state index in [0.29, 0.717) is 0 Å². The van der Waals surface area contributed by atoms with Crippen molar-refractivity contribution >= 4 is 35.0 Å². The number of anilines is 1. The number of benzene rings is 1. The van der Waals surface area contributed by atoms with Crippen molar-refractivity contribution in [3.05, 3.63) is 30.5 Å². The van der Waals surface area contributed by atoms with Crippen LogP contribution < -0.4 is 5.32 Å². The summed E-state index contributed by atoms with van der Waals surface area (Å²) in [6.45, 7) is 0.249. The van der Waals surface area contributed by atoms with Crippen LogP contribution in [0.25, 0.3) is 10.9 Å². The van der Waals surface area contributed by atoms with E-state index in [-0.39, 0.29) is 24.9 Å². The van der Waals surface area contributed by atoms with Crippen LogP contribution in [0.3, 0.4) is 0 Å². The molecule has 4 nitrogen and oxygen atoms in total. The van der Waals surface area contributed by atoms with E-state index in [0.717, 1.165) is 16.6 Å². The number of hydrogen-bond acceptors (Lipinski definition) is 3. The highest BCUT2D eigenvalue weighted by atomic mass is 35.5. The van der Waals surface area contributed by atoms with E-state index in [1.54, 1.807) is 0 Å². The van der Waals surface area contributed by atoms with Gasteiger partial charge in [-0.1, -0.05) is 0 Å². The molecule has 92 valence electrons. The zero-order chi connectivity index (χ0) is 11.5. The summed E-state index contributed by atoms with van der Waals surface area (Å²) in [6, 6.07) is 8.00. The van der Waals surface area contributed by atoms with Gasteiger partial charge in [-0.05, 0) is 24.3 Å². The average Bonchev–Trinajstić information content (AvgIpc) is 2.71. The molecule has 0 atom stereocenters. The molecule has 0 spiro atoms. The molecule has 0 aliphatic carbocycles. The van der Waals surface area contributed by atoms with Crippen LogP contribution in [0.2, 0.25) is 0 Å². The van der Waals surface area contributed by atoms with Crippen molar-refractivity contribution in [3.63, 3.8) is 0 Å². The van der Waals surface area contributed by atoms with E-state index in [4.69, 9.17) is 0 Å². The van der Waals surface area contributed by atoms with Crippen LogP contribution in [0.4, 0.5) is 5.69 Å². The molecule has 0 saturated carbocycles. The van der Waals surface area contributed by atoms with Crippen molar-refractivity contribution in [2.24, 2.45) is 0 Å². The van der Waals surface area contributed by atoms with Crippen molar-refractivity contribution in [1.29, 1.82) is 0 Å². The number of aromatic nitrogens is 1. The number of rotatable bonds is 3. The molecule has 0 unspecified atom stereocenters. The topological polar surface area (TPSA) is 43.3 Å². The summed E-state index contributed by atoms with van der Waals surface area (Å²) < 4.78 is 6.52. The van der Waals surface area contributed by atoms with Crippen molar-refractivity contribution in [1.82, 2.24) is 4.57 Å². The summed E-state index contributed by atoms with van der Waals surface area (Å²) in [4.78, 5) is 11.2. The molecule has 0 saturated heterocycles. The number of carbonyl (C=O) groups excluding carboxylic acids is 1. The third kappa shape index (κ3) is 2.71. The normalized spacial score (nSPS) is 9.76. The summed E-state index contributed by atoms with van der Waals surface area (Å²) in [6.07, 6.45) is 1.89. The second kappa shape index (κ2) is 5.59. The van der Waals surface area contributed by atoms with Gasteiger partial charge in [-0.25, -0.2) is 0 Å². The first kappa shape index (κ1) is 13.4. The number of hydrogen-bond donors (Lipinski definition) is 1. The molecule has 1 heterocycles. The van der Waals surface area contributed by atoms with Gasteiger partial charge in [-0.15, -0.1) is 12.4 Å². The van der Waals surface area contributed by atoms with E-state index in [1.165, 1.54) is 7.11 Å². The van der Waals surface area contributed by atoms with Gasteiger partial charge in [0.2, 0.25) is 0 Å². The average molecular weight is 255 g/mol. The van der Waals surface area contributed by atoms with E-state index in [2.05, 4.69) is 10.1 Å². The Bertz CT molecular complexity index is 522. The smallest absolute Gasteiger partial charge is 0.325 e. The Hall–Kier alpha value is -1.68. The molecule has 2 rings (SSSR count). The number of esters is 1. The lowest BCUT2D eigenvalue weighted by molar-refractivity contribution is -0.141. The van der Waals surface area contributed by atoms with Crippen molar-refractivity contribution in [3.8, 4) is 0 Å². The Morgan fingerprint density at radius 3 is 2.82 bits per heavy atom. The van der Waals surface area contributed by atoms with Crippen LogP contribution in [0.15, 0.2) is 30.5 Å².